The molecule has 0 spiro atoms. The number of rotatable bonds is 2. The fourth-order valence-electron chi connectivity index (χ4n) is 0.536. The van der Waals surface area contributed by atoms with Gasteiger partial charge in [0.2, 0.25) is 0 Å². The number of hydrogen-bond acceptors (Lipinski definition) is 3. The van der Waals surface area contributed by atoms with E-state index in [0.29, 0.717) is 5.06 Å². The zero-order chi connectivity index (χ0) is 7.56. The van der Waals surface area contributed by atoms with E-state index >= 15 is 0 Å². The predicted octanol–water partition coefficient (Wildman–Crippen LogP) is 1.45. The van der Waals surface area contributed by atoms with Gasteiger partial charge in [-0.1, -0.05) is 0 Å². The summed E-state index contributed by atoms with van der Waals surface area (Å²) in [5, 5.41) is 10.6. The van der Waals surface area contributed by atoms with Crippen LogP contribution in [0.1, 0.15) is 10.4 Å². The molecule has 0 amide bonds. The van der Waals surface area contributed by atoms with Crippen molar-refractivity contribution in [1.29, 1.82) is 0 Å². The van der Waals surface area contributed by atoms with Crippen molar-refractivity contribution >= 4 is 17.3 Å². The maximum atomic E-state index is 10.3. The van der Waals surface area contributed by atoms with Crippen LogP contribution in [0.15, 0.2) is 11.4 Å². The van der Waals surface area contributed by atoms with E-state index in [1.54, 1.807) is 5.38 Å². The number of methoxy groups -OCH3 is 1. The Balaban J connectivity index is 2.88. The fraction of sp³-hybridized carbons (Fsp3) is 0.167. The van der Waals surface area contributed by atoms with E-state index in [1.807, 2.05) is 0 Å². The number of carboxylic acids is 1. The summed E-state index contributed by atoms with van der Waals surface area (Å²) in [6.45, 7) is 0. The van der Waals surface area contributed by atoms with E-state index in [-0.39, 0.29) is 5.56 Å². The molecule has 54 valence electrons. The highest BCUT2D eigenvalue weighted by Gasteiger charge is 2.05. The van der Waals surface area contributed by atoms with E-state index in [9.17, 15) is 4.79 Å². The SMILES string of the molecule is COc1cc(C(=O)O)cs1. The van der Waals surface area contributed by atoms with Gasteiger partial charge in [-0.25, -0.2) is 4.79 Å². The normalized spacial score (nSPS) is 9.30. The summed E-state index contributed by atoms with van der Waals surface area (Å²) in [6, 6.07) is 1.49. The summed E-state index contributed by atoms with van der Waals surface area (Å²) in [4.78, 5) is 10.3. The molecule has 1 rings (SSSR count). The number of ether oxygens (including phenoxy) is 1. The van der Waals surface area contributed by atoms with Gasteiger partial charge < -0.3 is 9.84 Å². The molecule has 10 heavy (non-hydrogen) atoms. The zero-order valence-electron chi connectivity index (χ0n) is 5.33. The molecule has 1 heterocycles. The van der Waals surface area contributed by atoms with Gasteiger partial charge in [-0.05, 0) is 0 Å². The summed E-state index contributed by atoms with van der Waals surface area (Å²) >= 11 is 1.27. The molecule has 0 aliphatic carbocycles. The molecule has 0 aromatic carbocycles. The van der Waals surface area contributed by atoms with Gasteiger partial charge in [0.05, 0.1) is 12.7 Å². The van der Waals surface area contributed by atoms with E-state index < -0.39 is 5.97 Å². The summed E-state index contributed by atoms with van der Waals surface area (Å²) in [5.74, 6) is -0.917. The molecule has 4 heteroatoms. The highest BCUT2D eigenvalue weighted by atomic mass is 32.1. The van der Waals surface area contributed by atoms with Crippen molar-refractivity contribution in [3.63, 3.8) is 0 Å². The quantitative estimate of drug-likeness (QED) is 0.708. The Labute approximate surface area is 61.9 Å². The van der Waals surface area contributed by atoms with E-state index in [0.717, 1.165) is 0 Å². The third-order valence-electron chi connectivity index (χ3n) is 1.02. The van der Waals surface area contributed by atoms with Gasteiger partial charge in [0.15, 0.2) is 5.06 Å². The smallest absolute Gasteiger partial charge is 0.336 e. The first-order chi connectivity index (χ1) is 4.74. The molecule has 0 aliphatic rings. The van der Waals surface area contributed by atoms with Crippen LogP contribution in [-0.4, -0.2) is 18.2 Å². The average Bonchev–Trinajstić information content (AvgIpc) is 2.34. The molecule has 1 aromatic rings. The van der Waals surface area contributed by atoms with Gasteiger partial charge in [-0.2, -0.15) is 0 Å². The second kappa shape index (κ2) is 2.70. The number of aromatic carboxylic acids is 1. The molecule has 0 fully saturated rings. The van der Waals surface area contributed by atoms with Crippen LogP contribution in [0.2, 0.25) is 0 Å². The van der Waals surface area contributed by atoms with Gasteiger partial charge in [-0.15, -0.1) is 11.3 Å². The van der Waals surface area contributed by atoms with Crippen molar-refractivity contribution in [2.75, 3.05) is 7.11 Å². The highest BCUT2D eigenvalue weighted by Crippen LogP contribution is 2.21. The first-order valence-corrected chi connectivity index (χ1v) is 3.48. The van der Waals surface area contributed by atoms with Crippen molar-refractivity contribution in [2.24, 2.45) is 0 Å². The number of thiophene rings is 1. The molecule has 1 N–H and O–H groups in total. The second-order valence-corrected chi connectivity index (χ2v) is 2.54. The second-order valence-electron chi connectivity index (χ2n) is 1.66. The molecule has 0 radical (unpaired) electrons. The van der Waals surface area contributed by atoms with Crippen LogP contribution < -0.4 is 4.74 Å². The Kier molecular flexibility index (Phi) is 1.91. The minimum Gasteiger partial charge on any atom is -0.487 e. The summed E-state index contributed by atoms with van der Waals surface area (Å²) in [6.07, 6.45) is 0. The van der Waals surface area contributed by atoms with Gasteiger partial charge >= 0.3 is 5.97 Å². The average molecular weight is 158 g/mol. The fourth-order valence-corrected chi connectivity index (χ4v) is 1.24. The number of carboxylic acid groups (broad SMARTS) is 1. The third kappa shape index (κ3) is 1.27. The van der Waals surface area contributed by atoms with E-state index in [2.05, 4.69) is 0 Å². The summed E-state index contributed by atoms with van der Waals surface area (Å²) in [5.41, 5.74) is 0.279. The molecule has 1 aromatic heterocycles. The van der Waals surface area contributed by atoms with Crippen LogP contribution in [-0.2, 0) is 0 Å². The molecular formula is C6H6O3S. The first-order valence-electron chi connectivity index (χ1n) is 2.60. The monoisotopic (exact) mass is 158 g/mol. The molecule has 0 bridgehead atoms. The first kappa shape index (κ1) is 7.08. The maximum Gasteiger partial charge on any atom is 0.336 e. The van der Waals surface area contributed by atoms with Crippen molar-refractivity contribution in [3.05, 3.63) is 17.0 Å². The molecule has 0 atom stereocenters. The lowest BCUT2D eigenvalue weighted by molar-refractivity contribution is 0.0697. The Morgan fingerprint density at radius 3 is 2.80 bits per heavy atom. The van der Waals surface area contributed by atoms with Crippen molar-refractivity contribution in [1.82, 2.24) is 0 Å². The van der Waals surface area contributed by atoms with Crippen molar-refractivity contribution in [3.8, 4) is 5.06 Å². The van der Waals surface area contributed by atoms with E-state index in [4.69, 9.17) is 9.84 Å². The number of carbonyl (C=O) groups is 1. The van der Waals surface area contributed by atoms with Gasteiger partial charge in [0.1, 0.15) is 0 Å². The Hall–Kier alpha value is -1.03. The van der Waals surface area contributed by atoms with Crippen LogP contribution in [0.5, 0.6) is 5.06 Å². The topological polar surface area (TPSA) is 46.5 Å². The Morgan fingerprint density at radius 1 is 1.80 bits per heavy atom. The summed E-state index contributed by atoms with van der Waals surface area (Å²) in [7, 11) is 1.51. The lowest BCUT2D eigenvalue weighted by Crippen LogP contribution is -1.91. The van der Waals surface area contributed by atoms with Crippen molar-refractivity contribution in [2.45, 2.75) is 0 Å². The third-order valence-corrected chi connectivity index (χ3v) is 1.91. The van der Waals surface area contributed by atoms with Crippen LogP contribution in [0.25, 0.3) is 0 Å². The largest absolute Gasteiger partial charge is 0.487 e. The molecule has 0 saturated carbocycles. The minimum absolute atomic E-state index is 0.279. The van der Waals surface area contributed by atoms with Crippen LogP contribution in [0.4, 0.5) is 0 Å². The standard InChI is InChI=1S/C6H6O3S/c1-9-5-2-4(3-10-5)6(7)8/h2-3H,1H3,(H,7,8). The van der Waals surface area contributed by atoms with Crippen LogP contribution in [0, 0.1) is 0 Å². The lowest BCUT2D eigenvalue weighted by atomic mass is 10.3. The van der Waals surface area contributed by atoms with Crippen molar-refractivity contribution < 1.29 is 14.6 Å². The highest BCUT2D eigenvalue weighted by molar-refractivity contribution is 7.12. The Morgan fingerprint density at radius 2 is 2.50 bits per heavy atom. The van der Waals surface area contributed by atoms with Gasteiger partial charge in [0, 0.05) is 11.4 Å². The van der Waals surface area contributed by atoms with E-state index in [1.165, 1.54) is 24.5 Å². The Bertz CT molecular complexity index is 241. The maximum absolute atomic E-state index is 10.3. The molecule has 3 nitrogen and oxygen atoms in total. The predicted molar refractivity (Wildman–Crippen MR) is 37.8 cm³/mol. The zero-order valence-corrected chi connectivity index (χ0v) is 6.14. The lowest BCUT2D eigenvalue weighted by Gasteiger charge is -1.87. The van der Waals surface area contributed by atoms with Crippen LogP contribution >= 0.6 is 11.3 Å². The minimum atomic E-state index is -0.917. The summed E-state index contributed by atoms with van der Waals surface area (Å²) < 4.78 is 4.80. The molecular weight excluding hydrogens is 152 g/mol. The number of hydrogen-bond donors (Lipinski definition) is 1. The molecule has 0 unspecified atom stereocenters. The van der Waals surface area contributed by atoms with Gasteiger partial charge in [-0.3, -0.25) is 0 Å². The van der Waals surface area contributed by atoms with Crippen LogP contribution in [0.3, 0.4) is 0 Å². The molecule has 0 aliphatic heterocycles. The van der Waals surface area contributed by atoms with Gasteiger partial charge in [0.25, 0.3) is 0 Å². The molecule has 0 saturated heterocycles.